The Bertz CT molecular complexity index is 1080. The van der Waals surface area contributed by atoms with Crippen LogP contribution in [0, 0.1) is 0 Å². The number of methoxy groups -OCH3 is 1. The van der Waals surface area contributed by atoms with Crippen molar-refractivity contribution in [2.75, 3.05) is 19.0 Å². The van der Waals surface area contributed by atoms with E-state index >= 15 is 0 Å². The average Bonchev–Trinajstić information content (AvgIpc) is 2.77. The minimum absolute atomic E-state index is 0.285. The highest BCUT2D eigenvalue weighted by Gasteiger charge is 2.19. The second-order valence-corrected chi connectivity index (χ2v) is 6.50. The van der Waals surface area contributed by atoms with Crippen LogP contribution in [0.15, 0.2) is 60.7 Å². The summed E-state index contributed by atoms with van der Waals surface area (Å²) in [6.07, 6.45) is -0.331. The van der Waals surface area contributed by atoms with Gasteiger partial charge in [0, 0.05) is 11.3 Å². The number of nitrogens with one attached hydrogen (secondary N) is 1. The molecule has 3 rings (SSSR count). The van der Waals surface area contributed by atoms with Crippen molar-refractivity contribution < 1.29 is 28.6 Å². The van der Waals surface area contributed by atoms with Crippen LogP contribution in [0.4, 0.5) is 5.69 Å². The van der Waals surface area contributed by atoms with Crippen LogP contribution in [0.1, 0.15) is 17.3 Å². The fraction of sp³-hybridized carbons (Fsp3) is 0.174. The molecule has 154 valence electrons. The van der Waals surface area contributed by atoms with Crippen molar-refractivity contribution in [1.29, 1.82) is 0 Å². The zero-order valence-corrected chi connectivity index (χ0v) is 16.6. The van der Waals surface area contributed by atoms with Crippen LogP contribution in [0.5, 0.6) is 11.5 Å². The summed E-state index contributed by atoms with van der Waals surface area (Å²) in [6, 6.07) is 17.9. The van der Waals surface area contributed by atoms with Gasteiger partial charge >= 0.3 is 5.97 Å². The Kier molecular flexibility index (Phi) is 6.64. The molecule has 0 aromatic heterocycles. The molecule has 0 unspecified atom stereocenters. The van der Waals surface area contributed by atoms with Crippen LogP contribution in [-0.4, -0.2) is 38.0 Å². The highest BCUT2D eigenvalue weighted by molar-refractivity contribution is 5.97. The molecule has 0 spiro atoms. The first-order valence-electron chi connectivity index (χ1n) is 9.25. The number of anilines is 1. The number of ether oxygens (including phenoxy) is 3. The molecule has 0 aliphatic heterocycles. The van der Waals surface area contributed by atoms with Crippen molar-refractivity contribution in [2.45, 2.75) is 13.0 Å². The van der Waals surface area contributed by atoms with Gasteiger partial charge in [0.05, 0.1) is 7.11 Å². The van der Waals surface area contributed by atoms with E-state index in [9.17, 15) is 14.4 Å². The van der Waals surface area contributed by atoms with E-state index in [1.807, 2.05) is 36.4 Å². The van der Waals surface area contributed by atoms with Crippen molar-refractivity contribution in [1.82, 2.24) is 0 Å². The molecular weight excluding hydrogens is 386 g/mol. The predicted octanol–water partition coefficient (Wildman–Crippen LogP) is 3.61. The number of carbonyl (C=O) groups is 3. The van der Waals surface area contributed by atoms with Gasteiger partial charge in [-0.1, -0.05) is 30.3 Å². The van der Waals surface area contributed by atoms with Gasteiger partial charge in [0.1, 0.15) is 6.29 Å². The first-order valence-corrected chi connectivity index (χ1v) is 9.25. The Labute approximate surface area is 173 Å². The Morgan fingerprint density at radius 3 is 2.50 bits per heavy atom. The number of benzene rings is 3. The number of hydrogen-bond acceptors (Lipinski definition) is 6. The second-order valence-electron chi connectivity index (χ2n) is 6.50. The summed E-state index contributed by atoms with van der Waals surface area (Å²) >= 11 is 0. The van der Waals surface area contributed by atoms with Gasteiger partial charge in [-0.05, 0) is 48.0 Å². The molecule has 0 saturated carbocycles. The summed E-state index contributed by atoms with van der Waals surface area (Å²) in [5.74, 6) is -0.563. The van der Waals surface area contributed by atoms with Gasteiger partial charge in [0.15, 0.2) is 24.2 Å². The molecule has 0 aliphatic carbocycles. The average molecular weight is 407 g/mol. The Balaban J connectivity index is 1.54. The van der Waals surface area contributed by atoms with E-state index in [1.165, 1.54) is 32.2 Å². The number of amides is 1. The van der Waals surface area contributed by atoms with Crippen LogP contribution in [0.25, 0.3) is 10.8 Å². The molecule has 30 heavy (non-hydrogen) atoms. The number of carbonyl (C=O) groups excluding carboxylic acids is 3. The molecule has 7 heteroatoms. The minimum atomic E-state index is -1.01. The van der Waals surface area contributed by atoms with E-state index in [0.717, 1.165) is 10.8 Å². The van der Waals surface area contributed by atoms with Gasteiger partial charge in [-0.25, -0.2) is 4.79 Å². The molecule has 0 bridgehead atoms. The summed E-state index contributed by atoms with van der Waals surface area (Å²) in [5, 5.41) is 4.78. The molecule has 1 amide bonds. The Morgan fingerprint density at radius 1 is 1.00 bits per heavy atom. The molecule has 0 heterocycles. The van der Waals surface area contributed by atoms with E-state index in [1.54, 1.807) is 6.07 Å². The van der Waals surface area contributed by atoms with Crippen LogP contribution in [-0.2, 0) is 14.3 Å². The molecule has 1 N–H and O–H groups in total. The number of esters is 1. The molecule has 0 radical (unpaired) electrons. The van der Waals surface area contributed by atoms with Crippen LogP contribution in [0.2, 0.25) is 0 Å². The summed E-state index contributed by atoms with van der Waals surface area (Å²) in [6.45, 7) is 1.07. The Hall–Kier alpha value is -3.87. The van der Waals surface area contributed by atoms with Crippen molar-refractivity contribution in [3.8, 4) is 11.5 Å². The summed E-state index contributed by atoms with van der Waals surface area (Å²) < 4.78 is 15.7. The molecule has 7 nitrogen and oxygen atoms in total. The zero-order chi connectivity index (χ0) is 21.5. The van der Waals surface area contributed by atoms with Crippen molar-refractivity contribution in [3.63, 3.8) is 0 Å². The Morgan fingerprint density at radius 2 is 1.77 bits per heavy atom. The first-order chi connectivity index (χ1) is 14.5. The van der Waals surface area contributed by atoms with Gasteiger partial charge in [0.25, 0.3) is 5.91 Å². The summed E-state index contributed by atoms with van der Waals surface area (Å²) in [5.41, 5.74) is 1.03. The van der Waals surface area contributed by atoms with E-state index < -0.39 is 24.6 Å². The highest BCUT2D eigenvalue weighted by atomic mass is 16.6. The number of hydrogen-bond donors (Lipinski definition) is 1. The second kappa shape index (κ2) is 9.56. The van der Waals surface area contributed by atoms with Crippen LogP contribution in [0.3, 0.4) is 0 Å². The third kappa shape index (κ3) is 5.14. The maximum Gasteiger partial charge on any atom is 0.344 e. The molecule has 0 fully saturated rings. The molecule has 1 atom stereocenters. The smallest absolute Gasteiger partial charge is 0.344 e. The fourth-order valence-electron chi connectivity index (χ4n) is 2.81. The lowest BCUT2D eigenvalue weighted by atomic mass is 10.1. The minimum Gasteiger partial charge on any atom is -0.493 e. The zero-order valence-electron chi connectivity index (χ0n) is 16.6. The van der Waals surface area contributed by atoms with Crippen molar-refractivity contribution >= 4 is 34.6 Å². The first kappa shape index (κ1) is 20.9. The highest BCUT2D eigenvalue weighted by Crippen LogP contribution is 2.27. The third-order valence-corrected chi connectivity index (χ3v) is 4.36. The quantitative estimate of drug-likeness (QED) is 0.453. The van der Waals surface area contributed by atoms with Crippen molar-refractivity contribution in [2.24, 2.45) is 0 Å². The summed E-state index contributed by atoms with van der Waals surface area (Å²) in [4.78, 5) is 35.2. The third-order valence-electron chi connectivity index (χ3n) is 4.36. The van der Waals surface area contributed by atoms with Crippen LogP contribution >= 0.6 is 0 Å². The van der Waals surface area contributed by atoms with Crippen LogP contribution < -0.4 is 14.8 Å². The molecule has 0 aliphatic rings. The largest absolute Gasteiger partial charge is 0.493 e. The lowest BCUT2D eigenvalue weighted by molar-refractivity contribution is -0.155. The lowest BCUT2D eigenvalue weighted by Gasteiger charge is -2.15. The van der Waals surface area contributed by atoms with E-state index in [-0.39, 0.29) is 5.75 Å². The van der Waals surface area contributed by atoms with E-state index in [2.05, 4.69) is 5.32 Å². The maximum absolute atomic E-state index is 12.3. The topological polar surface area (TPSA) is 90.9 Å². The SMILES string of the molecule is COc1cc(C=O)ccc1OCC(=O)O[C@@H](C)C(=O)Nc1ccc2ccccc2c1. The van der Waals surface area contributed by atoms with E-state index in [0.29, 0.717) is 23.3 Å². The number of fused-ring (bicyclic) bond motifs is 1. The monoisotopic (exact) mass is 407 g/mol. The van der Waals surface area contributed by atoms with Gasteiger partial charge in [-0.3, -0.25) is 9.59 Å². The number of aldehydes is 1. The van der Waals surface area contributed by atoms with Gasteiger partial charge in [-0.2, -0.15) is 0 Å². The molecule has 0 saturated heterocycles. The molecular formula is C23H21NO6. The van der Waals surface area contributed by atoms with Gasteiger partial charge in [0.2, 0.25) is 0 Å². The molecule has 3 aromatic carbocycles. The van der Waals surface area contributed by atoms with Gasteiger partial charge in [-0.15, -0.1) is 0 Å². The normalized spacial score (nSPS) is 11.4. The van der Waals surface area contributed by atoms with Crippen molar-refractivity contribution in [3.05, 3.63) is 66.2 Å². The fourth-order valence-corrected chi connectivity index (χ4v) is 2.81. The van der Waals surface area contributed by atoms with Gasteiger partial charge < -0.3 is 19.5 Å². The predicted molar refractivity (Wildman–Crippen MR) is 112 cm³/mol. The summed E-state index contributed by atoms with van der Waals surface area (Å²) in [7, 11) is 1.42. The lowest BCUT2D eigenvalue weighted by Crippen LogP contribution is -2.31. The number of rotatable bonds is 8. The standard InChI is InChI=1S/C23H21NO6/c1-15(23(27)24-19-9-8-17-5-3-4-6-18(17)12-19)30-22(26)14-29-20-10-7-16(13-25)11-21(20)28-2/h3-13,15H,14H2,1-2H3,(H,24,27)/t15-/m0/s1. The molecule has 3 aromatic rings. The maximum atomic E-state index is 12.3. The van der Waals surface area contributed by atoms with E-state index in [4.69, 9.17) is 14.2 Å².